The minimum absolute atomic E-state index is 0.107. The summed E-state index contributed by atoms with van der Waals surface area (Å²) >= 11 is 0. The molecule has 4 heteroatoms. The second kappa shape index (κ2) is 6.36. The van der Waals surface area contributed by atoms with Crippen LogP contribution in [0, 0.1) is 6.92 Å². The highest BCUT2D eigenvalue weighted by Gasteiger charge is 2.18. The van der Waals surface area contributed by atoms with Crippen molar-refractivity contribution in [3.8, 4) is 0 Å². The lowest BCUT2D eigenvalue weighted by Gasteiger charge is -2.11. The summed E-state index contributed by atoms with van der Waals surface area (Å²) in [5, 5.41) is 5.65. The lowest BCUT2D eigenvalue weighted by atomic mass is 10.2. The average molecular weight is 260 g/mol. The summed E-state index contributed by atoms with van der Waals surface area (Å²) in [5.41, 5.74) is 1.81. The molecule has 102 valence electrons. The van der Waals surface area contributed by atoms with E-state index in [1.54, 1.807) is 0 Å². The molecule has 0 radical (unpaired) electrons. The smallest absolute Gasteiger partial charge is 0.233 e. The Bertz CT molecular complexity index is 465. The monoisotopic (exact) mass is 260 g/mol. The van der Waals surface area contributed by atoms with Crippen LogP contribution < -0.4 is 10.6 Å². The van der Waals surface area contributed by atoms with E-state index in [9.17, 15) is 9.59 Å². The molecule has 4 nitrogen and oxygen atoms in total. The highest BCUT2D eigenvalue weighted by molar-refractivity contribution is 6.03. The minimum Gasteiger partial charge on any atom is -0.353 e. The molecule has 1 saturated carbocycles. The van der Waals surface area contributed by atoms with Gasteiger partial charge in [-0.25, -0.2) is 0 Å². The van der Waals surface area contributed by atoms with Gasteiger partial charge < -0.3 is 10.6 Å². The molecule has 0 aliphatic heterocycles. The van der Waals surface area contributed by atoms with Gasteiger partial charge in [-0.05, 0) is 37.5 Å². The predicted octanol–water partition coefficient (Wildman–Crippen LogP) is 2.38. The fourth-order valence-corrected chi connectivity index (χ4v) is 2.42. The molecule has 0 saturated heterocycles. The van der Waals surface area contributed by atoms with Crippen molar-refractivity contribution in [2.24, 2.45) is 0 Å². The summed E-state index contributed by atoms with van der Waals surface area (Å²) in [6, 6.07) is 7.80. The highest BCUT2D eigenvalue weighted by atomic mass is 16.2. The summed E-state index contributed by atoms with van der Waals surface area (Å²) in [4.78, 5) is 23.4. The summed E-state index contributed by atoms with van der Waals surface area (Å²) in [6.07, 6.45) is 4.29. The molecule has 1 aromatic carbocycles. The molecule has 19 heavy (non-hydrogen) atoms. The molecule has 0 bridgehead atoms. The molecule has 0 atom stereocenters. The van der Waals surface area contributed by atoms with Crippen molar-refractivity contribution < 1.29 is 9.59 Å². The Balaban J connectivity index is 1.78. The van der Waals surface area contributed by atoms with Gasteiger partial charge in [0, 0.05) is 11.7 Å². The lowest BCUT2D eigenvalue weighted by Crippen LogP contribution is -2.35. The molecule has 2 N–H and O–H groups in total. The Morgan fingerprint density at radius 2 is 1.95 bits per heavy atom. The van der Waals surface area contributed by atoms with Crippen molar-refractivity contribution in [3.63, 3.8) is 0 Å². The number of hydrogen-bond acceptors (Lipinski definition) is 2. The predicted molar refractivity (Wildman–Crippen MR) is 74.8 cm³/mol. The molecular formula is C15H20N2O2. The van der Waals surface area contributed by atoms with Crippen LogP contribution in [0.4, 0.5) is 5.69 Å². The molecule has 0 unspecified atom stereocenters. The van der Waals surface area contributed by atoms with Gasteiger partial charge in [0.1, 0.15) is 6.42 Å². The maximum atomic E-state index is 11.7. The van der Waals surface area contributed by atoms with Crippen LogP contribution in [0.15, 0.2) is 24.3 Å². The first-order valence-corrected chi connectivity index (χ1v) is 6.79. The van der Waals surface area contributed by atoms with E-state index in [4.69, 9.17) is 0 Å². The van der Waals surface area contributed by atoms with Gasteiger partial charge in [0.25, 0.3) is 0 Å². The maximum absolute atomic E-state index is 11.7. The molecule has 0 heterocycles. The average Bonchev–Trinajstić information content (AvgIpc) is 2.81. The third-order valence-corrected chi connectivity index (χ3v) is 3.34. The second-order valence-corrected chi connectivity index (χ2v) is 5.14. The Morgan fingerprint density at radius 3 is 2.63 bits per heavy atom. The van der Waals surface area contributed by atoms with Crippen molar-refractivity contribution in [2.75, 3.05) is 5.32 Å². The van der Waals surface area contributed by atoms with E-state index >= 15 is 0 Å². The minimum atomic E-state index is -0.263. The molecule has 1 aliphatic rings. The lowest BCUT2D eigenvalue weighted by molar-refractivity contribution is -0.127. The zero-order valence-electron chi connectivity index (χ0n) is 11.2. The topological polar surface area (TPSA) is 58.2 Å². The number of carbonyl (C=O) groups excluding carboxylic acids is 2. The van der Waals surface area contributed by atoms with Crippen molar-refractivity contribution in [3.05, 3.63) is 29.8 Å². The van der Waals surface area contributed by atoms with E-state index in [0.29, 0.717) is 0 Å². The van der Waals surface area contributed by atoms with Gasteiger partial charge in [0.2, 0.25) is 11.8 Å². The van der Waals surface area contributed by atoms with Crippen molar-refractivity contribution >= 4 is 17.5 Å². The van der Waals surface area contributed by atoms with Gasteiger partial charge in [-0.15, -0.1) is 0 Å². The van der Waals surface area contributed by atoms with Crippen LogP contribution in [-0.4, -0.2) is 17.9 Å². The molecule has 1 aromatic rings. The molecule has 1 aliphatic carbocycles. The number of benzene rings is 1. The van der Waals surface area contributed by atoms with E-state index in [1.165, 1.54) is 12.8 Å². The van der Waals surface area contributed by atoms with Crippen molar-refractivity contribution in [1.82, 2.24) is 5.32 Å². The van der Waals surface area contributed by atoms with Gasteiger partial charge in [-0.2, -0.15) is 0 Å². The fourth-order valence-electron chi connectivity index (χ4n) is 2.42. The summed E-state index contributed by atoms with van der Waals surface area (Å²) in [5.74, 6) is -0.446. The zero-order chi connectivity index (χ0) is 13.7. The van der Waals surface area contributed by atoms with Crippen LogP contribution in [0.3, 0.4) is 0 Å². The van der Waals surface area contributed by atoms with E-state index in [2.05, 4.69) is 10.6 Å². The Morgan fingerprint density at radius 1 is 1.21 bits per heavy atom. The zero-order valence-corrected chi connectivity index (χ0v) is 11.2. The fraction of sp³-hybridized carbons (Fsp3) is 0.467. The Kier molecular flexibility index (Phi) is 4.55. The van der Waals surface area contributed by atoms with Crippen molar-refractivity contribution in [2.45, 2.75) is 45.1 Å². The first-order chi connectivity index (χ1) is 9.13. The number of amides is 2. The standard InChI is InChI=1S/C15H20N2O2/c1-11-5-4-8-13(9-11)17-15(19)10-14(18)16-12-6-2-3-7-12/h4-5,8-9,12H,2-3,6-7,10H2,1H3,(H,16,18)(H,17,19). The Hall–Kier alpha value is -1.84. The van der Waals surface area contributed by atoms with Crippen LogP contribution in [-0.2, 0) is 9.59 Å². The normalized spacial score (nSPS) is 15.2. The SMILES string of the molecule is Cc1cccc(NC(=O)CC(=O)NC2CCCC2)c1. The molecule has 2 rings (SSSR count). The number of nitrogens with one attached hydrogen (secondary N) is 2. The van der Waals surface area contributed by atoms with Crippen molar-refractivity contribution in [1.29, 1.82) is 0 Å². The van der Waals surface area contributed by atoms with Gasteiger partial charge in [-0.1, -0.05) is 25.0 Å². The summed E-state index contributed by atoms with van der Waals surface area (Å²) < 4.78 is 0. The number of carbonyl (C=O) groups is 2. The van der Waals surface area contributed by atoms with Gasteiger partial charge in [0.15, 0.2) is 0 Å². The molecular weight excluding hydrogens is 240 g/mol. The van der Waals surface area contributed by atoms with Gasteiger partial charge in [0.05, 0.1) is 0 Å². The third-order valence-electron chi connectivity index (χ3n) is 3.34. The second-order valence-electron chi connectivity index (χ2n) is 5.14. The quantitative estimate of drug-likeness (QED) is 0.817. The van der Waals surface area contributed by atoms with E-state index in [-0.39, 0.29) is 24.3 Å². The Labute approximate surface area is 113 Å². The van der Waals surface area contributed by atoms with Crippen LogP contribution >= 0.6 is 0 Å². The molecule has 2 amide bonds. The van der Waals surface area contributed by atoms with Crippen LogP contribution in [0.2, 0.25) is 0 Å². The third kappa shape index (κ3) is 4.39. The molecule has 1 fully saturated rings. The largest absolute Gasteiger partial charge is 0.353 e. The van der Waals surface area contributed by atoms with E-state index in [0.717, 1.165) is 24.1 Å². The number of rotatable bonds is 4. The maximum Gasteiger partial charge on any atom is 0.233 e. The highest BCUT2D eigenvalue weighted by Crippen LogP contribution is 2.17. The van der Waals surface area contributed by atoms with E-state index in [1.807, 2.05) is 31.2 Å². The van der Waals surface area contributed by atoms with Gasteiger partial charge >= 0.3 is 0 Å². The first-order valence-electron chi connectivity index (χ1n) is 6.79. The van der Waals surface area contributed by atoms with Crippen LogP contribution in [0.5, 0.6) is 0 Å². The molecule has 0 spiro atoms. The first kappa shape index (κ1) is 13.6. The van der Waals surface area contributed by atoms with E-state index < -0.39 is 0 Å². The number of anilines is 1. The summed E-state index contributed by atoms with van der Waals surface area (Å²) in [7, 11) is 0. The molecule has 0 aromatic heterocycles. The summed E-state index contributed by atoms with van der Waals surface area (Å²) in [6.45, 7) is 1.96. The van der Waals surface area contributed by atoms with Crippen LogP contribution in [0.25, 0.3) is 0 Å². The van der Waals surface area contributed by atoms with Gasteiger partial charge in [-0.3, -0.25) is 9.59 Å². The number of hydrogen-bond donors (Lipinski definition) is 2. The number of aryl methyl sites for hydroxylation is 1. The van der Waals surface area contributed by atoms with Crippen LogP contribution in [0.1, 0.15) is 37.7 Å².